The van der Waals surface area contributed by atoms with E-state index in [9.17, 15) is 18.0 Å². The summed E-state index contributed by atoms with van der Waals surface area (Å²) in [5, 5.41) is 2.98. The molecule has 1 aromatic rings. The number of alkyl halides is 4. The van der Waals surface area contributed by atoms with E-state index in [0.29, 0.717) is 10.2 Å². The molecule has 11 heteroatoms. The summed E-state index contributed by atoms with van der Waals surface area (Å²) in [6.45, 7) is 2.83. The highest BCUT2D eigenvalue weighted by Crippen LogP contribution is 2.40. The van der Waals surface area contributed by atoms with Crippen LogP contribution < -0.4 is 0 Å². The smallest absolute Gasteiger partial charge is 0.344 e. The molecule has 24 heavy (non-hydrogen) atoms. The van der Waals surface area contributed by atoms with Gasteiger partial charge in [-0.3, -0.25) is 9.69 Å². The molecule has 3 heterocycles. The van der Waals surface area contributed by atoms with E-state index in [2.05, 4.69) is 10.00 Å². The number of allylic oxidation sites excluding steroid dienone is 1. The van der Waals surface area contributed by atoms with Gasteiger partial charge >= 0.3 is 6.30 Å². The predicted molar refractivity (Wildman–Crippen MR) is 86.9 cm³/mol. The SMILES string of the molecule is CCN1C(CCl)=CC(=O)N2C=C(Cl)SC21.FC(F)(F)n1cccn1. The zero-order valence-electron chi connectivity index (χ0n) is 12.4. The number of carbonyl (C=O) groups is 1. The van der Waals surface area contributed by atoms with Crippen LogP contribution in [0.4, 0.5) is 13.2 Å². The molecule has 1 unspecified atom stereocenters. The molecule has 2 aliphatic rings. The van der Waals surface area contributed by atoms with Gasteiger partial charge in [0, 0.05) is 36.9 Å². The molecule has 1 aromatic heterocycles. The van der Waals surface area contributed by atoms with E-state index in [4.69, 9.17) is 23.2 Å². The molecule has 2 aliphatic heterocycles. The van der Waals surface area contributed by atoms with Crippen molar-refractivity contribution < 1.29 is 18.0 Å². The van der Waals surface area contributed by atoms with Gasteiger partial charge < -0.3 is 4.90 Å². The molecule has 0 radical (unpaired) electrons. The van der Waals surface area contributed by atoms with Crippen molar-refractivity contribution in [2.24, 2.45) is 0 Å². The lowest BCUT2D eigenvalue weighted by Crippen LogP contribution is -2.47. The van der Waals surface area contributed by atoms with Gasteiger partial charge in [0.15, 0.2) is 5.50 Å². The van der Waals surface area contributed by atoms with Crippen molar-refractivity contribution >= 4 is 40.9 Å². The molecule has 1 amide bonds. The third-order valence-electron chi connectivity index (χ3n) is 3.12. The number of carbonyl (C=O) groups excluding carboxylic acids is 1. The van der Waals surface area contributed by atoms with E-state index >= 15 is 0 Å². The van der Waals surface area contributed by atoms with Crippen LogP contribution in [0.3, 0.4) is 0 Å². The van der Waals surface area contributed by atoms with E-state index in [0.717, 1.165) is 24.6 Å². The van der Waals surface area contributed by atoms with Crippen LogP contribution in [0.1, 0.15) is 6.92 Å². The Labute approximate surface area is 150 Å². The van der Waals surface area contributed by atoms with Crippen LogP contribution in [0, 0.1) is 0 Å². The molecule has 0 fully saturated rings. The van der Waals surface area contributed by atoms with Crippen molar-refractivity contribution in [1.82, 2.24) is 19.6 Å². The molecular weight excluding hydrogens is 388 g/mol. The van der Waals surface area contributed by atoms with Gasteiger partial charge in [-0.1, -0.05) is 23.4 Å². The van der Waals surface area contributed by atoms with Gasteiger partial charge in [0.25, 0.3) is 5.91 Å². The van der Waals surface area contributed by atoms with Gasteiger partial charge in [-0.2, -0.15) is 9.78 Å². The Morgan fingerprint density at radius 1 is 1.42 bits per heavy atom. The van der Waals surface area contributed by atoms with Crippen LogP contribution in [-0.2, 0) is 11.1 Å². The minimum absolute atomic E-state index is 0.0523. The van der Waals surface area contributed by atoms with Crippen LogP contribution in [0.5, 0.6) is 0 Å². The summed E-state index contributed by atoms with van der Waals surface area (Å²) in [5.41, 5.74) is 0.798. The maximum atomic E-state index is 11.7. The monoisotopic (exact) mass is 400 g/mol. The molecule has 0 saturated carbocycles. The number of rotatable bonds is 2. The largest absolute Gasteiger partial charge is 0.504 e. The number of hydrogen-bond acceptors (Lipinski definition) is 4. The van der Waals surface area contributed by atoms with Crippen LogP contribution in [0.2, 0.25) is 0 Å². The van der Waals surface area contributed by atoms with Crippen molar-refractivity contribution in [2.75, 3.05) is 12.4 Å². The van der Waals surface area contributed by atoms with Crippen LogP contribution >= 0.6 is 35.0 Å². The molecule has 0 bridgehead atoms. The highest BCUT2D eigenvalue weighted by atomic mass is 35.5. The first-order valence-corrected chi connectivity index (χ1v) is 8.53. The summed E-state index contributed by atoms with van der Waals surface area (Å²) >= 11 is 13.2. The van der Waals surface area contributed by atoms with Gasteiger partial charge in [-0.05, 0) is 13.0 Å². The first kappa shape index (κ1) is 19.0. The van der Waals surface area contributed by atoms with Crippen LogP contribution in [-0.4, -0.2) is 43.4 Å². The maximum absolute atomic E-state index is 11.7. The lowest BCUT2D eigenvalue weighted by atomic mass is 10.3. The summed E-state index contributed by atoms with van der Waals surface area (Å²) in [4.78, 5) is 15.4. The number of hydrogen-bond donors (Lipinski definition) is 0. The van der Waals surface area contributed by atoms with Gasteiger partial charge in [-0.15, -0.1) is 24.8 Å². The average molecular weight is 401 g/mol. The molecule has 0 spiro atoms. The first-order valence-electron chi connectivity index (χ1n) is 6.74. The Morgan fingerprint density at radius 2 is 2.12 bits per heavy atom. The highest BCUT2D eigenvalue weighted by Gasteiger charge is 2.37. The van der Waals surface area contributed by atoms with Gasteiger partial charge in [0.2, 0.25) is 0 Å². The molecule has 5 nitrogen and oxygen atoms in total. The Balaban J connectivity index is 0.000000198. The summed E-state index contributed by atoms with van der Waals surface area (Å²) in [7, 11) is 0. The lowest BCUT2D eigenvalue weighted by Gasteiger charge is -2.38. The number of thioether (sulfide) groups is 1. The molecule has 0 aromatic carbocycles. The normalized spacial score (nSPS) is 20.2. The van der Waals surface area contributed by atoms with Crippen molar-refractivity contribution in [1.29, 1.82) is 0 Å². The van der Waals surface area contributed by atoms with Crippen LogP contribution in [0.15, 0.2) is 40.8 Å². The molecule has 0 N–H and O–H groups in total. The average Bonchev–Trinajstić information content (AvgIpc) is 3.16. The van der Waals surface area contributed by atoms with E-state index in [1.807, 2.05) is 6.92 Å². The number of halogens is 5. The fourth-order valence-corrected chi connectivity index (χ4v) is 3.72. The summed E-state index contributed by atoms with van der Waals surface area (Å²) in [6, 6.07) is 1.22. The number of amides is 1. The van der Waals surface area contributed by atoms with Crippen molar-refractivity contribution in [3.8, 4) is 0 Å². The lowest BCUT2D eigenvalue weighted by molar-refractivity contribution is -0.212. The zero-order valence-corrected chi connectivity index (χ0v) is 14.7. The second-order valence-electron chi connectivity index (χ2n) is 4.60. The topological polar surface area (TPSA) is 41.4 Å². The van der Waals surface area contributed by atoms with Crippen LogP contribution in [0.25, 0.3) is 0 Å². The minimum Gasteiger partial charge on any atom is -0.344 e. The Bertz CT molecular complexity index is 648. The summed E-state index contributed by atoms with van der Waals surface area (Å²) < 4.78 is 35.1. The van der Waals surface area contributed by atoms with Crippen molar-refractivity contribution in [2.45, 2.75) is 18.7 Å². The predicted octanol–water partition coefficient (Wildman–Crippen LogP) is 3.70. The number of nitrogens with zero attached hydrogens (tertiary/aromatic N) is 4. The quantitative estimate of drug-likeness (QED) is 0.709. The maximum Gasteiger partial charge on any atom is 0.504 e. The third kappa shape index (κ3) is 4.20. The van der Waals surface area contributed by atoms with E-state index in [1.54, 1.807) is 17.2 Å². The first-order chi connectivity index (χ1) is 11.3. The highest BCUT2D eigenvalue weighted by molar-refractivity contribution is 8.05. The van der Waals surface area contributed by atoms with Gasteiger partial charge in [0.1, 0.15) is 0 Å². The molecule has 1 atom stereocenters. The van der Waals surface area contributed by atoms with E-state index in [1.165, 1.54) is 17.8 Å². The zero-order chi connectivity index (χ0) is 17.9. The van der Waals surface area contributed by atoms with E-state index < -0.39 is 6.30 Å². The molecule has 0 saturated heterocycles. The van der Waals surface area contributed by atoms with Gasteiger partial charge in [-0.25, -0.2) is 0 Å². The minimum atomic E-state index is -4.37. The van der Waals surface area contributed by atoms with Crippen molar-refractivity contribution in [3.63, 3.8) is 0 Å². The Kier molecular flexibility index (Phi) is 6.11. The molecular formula is C13H13Cl2F3N4OS. The fourth-order valence-electron chi connectivity index (χ4n) is 2.08. The summed E-state index contributed by atoms with van der Waals surface area (Å²) in [5.74, 6) is 0.297. The molecule has 132 valence electrons. The van der Waals surface area contributed by atoms with E-state index in [-0.39, 0.29) is 16.1 Å². The van der Waals surface area contributed by atoms with Crippen molar-refractivity contribution in [3.05, 3.63) is 40.8 Å². The number of fused-ring (bicyclic) bond motifs is 1. The Morgan fingerprint density at radius 3 is 2.58 bits per heavy atom. The molecule has 3 rings (SSSR count). The second kappa shape index (κ2) is 7.71. The second-order valence-corrected chi connectivity index (χ2v) is 6.59. The fraction of sp³-hybridized carbons (Fsp3) is 0.385. The molecule has 0 aliphatic carbocycles. The standard InChI is InChI=1S/C9H10Cl2N2OS.C4H3F3N2/c1-2-12-6(4-10)3-8(14)13-5-7(11)15-9(12)13;5-4(6,7)9-3-1-2-8-9/h3,5,9H,2,4H2,1H3;1-3H. The number of aromatic nitrogens is 2. The third-order valence-corrected chi connectivity index (χ3v) is 4.78. The van der Waals surface area contributed by atoms with Gasteiger partial charge in [0.05, 0.1) is 10.2 Å². The Hall–Kier alpha value is -1.32. The summed E-state index contributed by atoms with van der Waals surface area (Å²) in [6.07, 6.45) is 0.792.